The number of imidazole rings is 1. The van der Waals surface area contributed by atoms with Gasteiger partial charge in [-0.15, -0.1) is 0 Å². The van der Waals surface area contributed by atoms with Gasteiger partial charge in [-0.1, -0.05) is 60.7 Å². The van der Waals surface area contributed by atoms with Gasteiger partial charge >= 0.3 is 0 Å². The molecule has 1 heterocycles. The molecule has 2 aromatic carbocycles. The third kappa shape index (κ3) is 3.86. The molecular formula is C19H21N3O. The maximum Gasteiger partial charge on any atom is 0.0984 e. The summed E-state index contributed by atoms with van der Waals surface area (Å²) in [5, 5.41) is 14.3. The number of aliphatic hydroxyl groups is 1. The van der Waals surface area contributed by atoms with Gasteiger partial charge in [0.15, 0.2) is 0 Å². The first-order valence-corrected chi connectivity index (χ1v) is 7.72. The second-order valence-electron chi connectivity index (χ2n) is 5.66. The van der Waals surface area contributed by atoms with E-state index in [1.54, 1.807) is 6.33 Å². The summed E-state index contributed by atoms with van der Waals surface area (Å²) in [5.74, 6) is 0. The van der Waals surface area contributed by atoms with Crippen LogP contribution in [0.4, 0.5) is 0 Å². The Morgan fingerprint density at radius 2 is 1.61 bits per heavy atom. The molecule has 0 radical (unpaired) electrons. The highest BCUT2D eigenvalue weighted by molar-refractivity contribution is 5.26. The Balaban J connectivity index is 1.82. The van der Waals surface area contributed by atoms with Crippen LogP contribution in [-0.2, 0) is 13.6 Å². The third-order valence-corrected chi connectivity index (χ3v) is 3.88. The Morgan fingerprint density at radius 1 is 1.00 bits per heavy atom. The number of benzene rings is 2. The molecule has 3 aromatic rings. The molecule has 0 saturated heterocycles. The molecule has 118 valence electrons. The molecule has 0 spiro atoms. The molecule has 0 bridgehead atoms. The van der Waals surface area contributed by atoms with Crippen molar-refractivity contribution in [2.45, 2.75) is 18.7 Å². The fourth-order valence-corrected chi connectivity index (χ4v) is 2.69. The summed E-state index contributed by atoms with van der Waals surface area (Å²) in [7, 11) is 1.95. The van der Waals surface area contributed by atoms with Gasteiger partial charge in [0.2, 0.25) is 0 Å². The van der Waals surface area contributed by atoms with E-state index in [0.717, 1.165) is 16.8 Å². The van der Waals surface area contributed by atoms with E-state index >= 15 is 0 Å². The van der Waals surface area contributed by atoms with E-state index in [1.807, 2.05) is 78.5 Å². The van der Waals surface area contributed by atoms with Crippen molar-refractivity contribution >= 4 is 0 Å². The third-order valence-electron chi connectivity index (χ3n) is 3.88. The minimum absolute atomic E-state index is 0.194. The molecule has 23 heavy (non-hydrogen) atoms. The second-order valence-corrected chi connectivity index (χ2v) is 5.66. The molecular weight excluding hydrogens is 286 g/mol. The smallest absolute Gasteiger partial charge is 0.0984 e. The number of nitrogens with one attached hydrogen (secondary N) is 1. The van der Waals surface area contributed by atoms with Gasteiger partial charge in [0.1, 0.15) is 0 Å². The van der Waals surface area contributed by atoms with Crippen LogP contribution in [-0.4, -0.2) is 14.7 Å². The summed E-state index contributed by atoms with van der Waals surface area (Å²) >= 11 is 0. The quantitative estimate of drug-likeness (QED) is 0.736. The van der Waals surface area contributed by atoms with Crippen molar-refractivity contribution in [1.82, 2.24) is 14.9 Å². The Labute approximate surface area is 136 Å². The highest BCUT2D eigenvalue weighted by Gasteiger charge is 2.22. The minimum Gasteiger partial charge on any atom is -0.386 e. The second kappa shape index (κ2) is 7.22. The van der Waals surface area contributed by atoms with Crippen LogP contribution in [0.5, 0.6) is 0 Å². The monoisotopic (exact) mass is 307 g/mol. The number of nitrogens with zero attached hydrogens (tertiary/aromatic N) is 2. The number of aliphatic hydroxyl groups excluding tert-OH is 1. The van der Waals surface area contributed by atoms with Gasteiger partial charge in [-0.05, 0) is 11.1 Å². The molecule has 1 aromatic heterocycles. The molecule has 0 unspecified atom stereocenters. The standard InChI is InChI=1S/C19H21N3O/c1-22-13-17(21-14-22)12-20-18(15-8-4-2-5-9-15)19(23)16-10-6-3-7-11-16/h2-11,13-14,18-20,23H,12H2,1H3/t18-,19+/m1/s1. The van der Waals surface area contributed by atoms with E-state index in [9.17, 15) is 5.11 Å². The van der Waals surface area contributed by atoms with Crippen LogP contribution in [0.1, 0.15) is 29.0 Å². The van der Waals surface area contributed by atoms with E-state index in [4.69, 9.17) is 0 Å². The van der Waals surface area contributed by atoms with Crippen molar-refractivity contribution in [2.24, 2.45) is 7.05 Å². The molecule has 4 nitrogen and oxygen atoms in total. The maximum atomic E-state index is 10.8. The average molecular weight is 307 g/mol. The predicted octanol–water partition coefficient (Wildman–Crippen LogP) is 2.98. The van der Waals surface area contributed by atoms with Gasteiger partial charge in [-0.2, -0.15) is 0 Å². The Kier molecular flexibility index (Phi) is 4.86. The number of hydrogen-bond acceptors (Lipinski definition) is 3. The summed E-state index contributed by atoms with van der Waals surface area (Å²) in [4.78, 5) is 4.33. The lowest BCUT2D eigenvalue weighted by Crippen LogP contribution is -2.27. The first kappa shape index (κ1) is 15.5. The van der Waals surface area contributed by atoms with Crippen LogP contribution < -0.4 is 5.32 Å². The van der Waals surface area contributed by atoms with Crippen molar-refractivity contribution in [3.05, 3.63) is 90.0 Å². The number of aryl methyl sites for hydroxylation is 1. The number of hydrogen-bond donors (Lipinski definition) is 2. The van der Waals surface area contributed by atoms with E-state index in [-0.39, 0.29) is 6.04 Å². The zero-order chi connectivity index (χ0) is 16.1. The first-order valence-electron chi connectivity index (χ1n) is 7.72. The zero-order valence-electron chi connectivity index (χ0n) is 13.1. The molecule has 3 rings (SSSR count). The van der Waals surface area contributed by atoms with Gasteiger partial charge in [0.25, 0.3) is 0 Å². The van der Waals surface area contributed by atoms with Crippen molar-refractivity contribution in [1.29, 1.82) is 0 Å². The van der Waals surface area contributed by atoms with E-state index in [0.29, 0.717) is 6.54 Å². The normalized spacial score (nSPS) is 13.7. The van der Waals surface area contributed by atoms with Crippen molar-refractivity contribution in [3.8, 4) is 0 Å². The van der Waals surface area contributed by atoms with E-state index in [1.165, 1.54) is 0 Å². The summed E-state index contributed by atoms with van der Waals surface area (Å²) in [6, 6.07) is 19.6. The fraction of sp³-hybridized carbons (Fsp3) is 0.211. The van der Waals surface area contributed by atoms with Crippen LogP contribution in [0.25, 0.3) is 0 Å². The molecule has 2 atom stereocenters. The summed E-state index contributed by atoms with van der Waals surface area (Å²) < 4.78 is 1.92. The van der Waals surface area contributed by atoms with Gasteiger partial charge < -0.3 is 15.0 Å². The van der Waals surface area contributed by atoms with Gasteiger partial charge in [-0.25, -0.2) is 4.98 Å². The molecule has 0 fully saturated rings. The maximum absolute atomic E-state index is 10.8. The van der Waals surface area contributed by atoms with Gasteiger partial charge in [0, 0.05) is 19.8 Å². The van der Waals surface area contributed by atoms with Crippen LogP contribution in [0, 0.1) is 0 Å². The lowest BCUT2D eigenvalue weighted by atomic mass is 9.96. The van der Waals surface area contributed by atoms with Crippen LogP contribution in [0.2, 0.25) is 0 Å². The zero-order valence-corrected chi connectivity index (χ0v) is 13.1. The number of aromatic nitrogens is 2. The topological polar surface area (TPSA) is 50.1 Å². The Morgan fingerprint density at radius 3 is 2.17 bits per heavy atom. The van der Waals surface area contributed by atoms with Gasteiger partial charge in [0.05, 0.1) is 24.2 Å². The largest absolute Gasteiger partial charge is 0.386 e. The van der Waals surface area contributed by atoms with Crippen molar-refractivity contribution in [3.63, 3.8) is 0 Å². The minimum atomic E-state index is -0.623. The predicted molar refractivity (Wildman–Crippen MR) is 90.6 cm³/mol. The molecule has 0 aliphatic carbocycles. The fourth-order valence-electron chi connectivity index (χ4n) is 2.69. The molecule has 0 aliphatic rings. The molecule has 0 saturated carbocycles. The number of rotatable bonds is 6. The average Bonchev–Trinajstić information content (AvgIpc) is 3.02. The Bertz CT molecular complexity index is 725. The summed E-state index contributed by atoms with van der Waals surface area (Å²) in [5.41, 5.74) is 2.91. The van der Waals surface area contributed by atoms with Crippen LogP contribution in [0.3, 0.4) is 0 Å². The summed E-state index contributed by atoms with van der Waals surface area (Å²) in [6.07, 6.45) is 3.13. The highest BCUT2D eigenvalue weighted by atomic mass is 16.3. The summed E-state index contributed by atoms with van der Waals surface area (Å²) in [6.45, 7) is 0.601. The first-order chi connectivity index (χ1) is 11.2. The van der Waals surface area contributed by atoms with Crippen molar-refractivity contribution < 1.29 is 5.11 Å². The molecule has 0 aliphatic heterocycles. The Hall–Kier alpha value is -2.43. The SMILES string of the molecule is Cn1cnc(CN[C@H](c2ccccc2)[C@@H](O)c2ccccc2)c1. The van der Waals surface area contributed by atoms with Crippen LogP contribution >= 0.6 is 0 Å². The van der Waals surface area contributed by atoms with Crippen molar-refractivity contribution in [2.75, 3.05) is 0 Å². The highest BCUT2D eigenvalue weighted by Crippen LogP contribution is 2.28. The molecule has 0 amide bonds. The van der Waals surface area contributed by atoms with E-state index < -0.39 is 6.10 Å². The molecule has 2 N–H and O–H groups in total. The van der Waals surface area contributed by atoms with E-state index in [2.05, 4.69) is 10.3 Å². The van der Waals surface area contributed by atoms with Gasteiger partial charge in [-0.3, -0.25) is 0 Å². The lowest BCUT2D eigenvalue weighted by molar-refractivity contribution is 0.127. The van der Waals surface area contributed by atoms with Crippen LogP contribution in [0.15, 0.2) is 73.2 Å². The lowest BCUT2D eigenvalue weighted by Gasteiger charge is -2.25. The molecule has 4 heteroatoms.